The average molecular weight is 422 g/mol. The fourth-order valence-electron chi connectivity index (χ4n) is 3.39. The lowest BCUT2D eigenvalue weighted by Gasteiger charge is -2.38. The molecule has 0 spiro atoms. The van der Waals surface area contributed by atoms with Gasteiger partial charge in [-0.1, -0.05) is 12.1 Å². The highest BCUT2D eigenvalue weighted by atomic mass is 19.4. The summed E-state index contributed by atoms with van der Waals surface area (Å²) in [6.07, 6.45) is -4.55. The van der Waals surface area contributed by atoms with Gasteiger partial charge in [0.2, 0.25) is 5.91 Å². The smallest absolute Gasteiger partial charge is 0.369 e. The Morgan fingerprint density at radius 3 is 2.23 bits per heavy atom. The van der Waals surface area contributed by atoms with Crippen LogP contribution in [0.5, 0.6) is 0 Å². The zero-order valence-electron chi connectivity index (χ0n) is 16.2. The van der Waals surface area contributed by atoms with Crippen LogP contribution in [0.25, 0.3) is 0 Å². The van der Waals surface area contributed by atoms with E-state index in [0.717, 1.165) is 11.8 Å². The number of benzene rings is 2. The Morgan fingerprint density at radius 2 is 1.67 bits per heavy atom. The number of nitrogens with one attached hydrogen (secondary N) is 1. The van der Waals surface area contributed by atoms with Crippen molar-refractivity contribution in [2.75, 3.05) is 36.4 Å². The molecule has 1 heterocycles. The molecule has 0 aliphatic carbocycles. The Hall–Kier alpha value is -3.14. The van der Waals surface area contributed by atoms with Gasteiger partial charge in [-0.25, -0.2) is 0 Å². The molecule has 1 aliphatic heterocycles. The van der Waals surface area contributed by atoms with Crippen molar-refractivity contribution < 1.29 is 22.9 Å². The fourth-order valence-corrected chi connectivity index (χ4v) is 3.39. The summed E-state index contributed by atoms with van der Waals surface area (Å²) in [7, 11) is 0. The second-order valence-electron chi connectivity index (χ2n) is 7.01. The predicted octanol–water partition coefficient (Wildman–Crippen LogP) is 3.76. The van der Waals surface area contributed by atoms with Crippen LogP contribution >= 0.6 is 0 Å². The van der Waals surface area contributed by atoms with Crippen LogP contribution in [0.3, 0.4) is 0 Å². The highest BCUT2D eigenvalue weighted by Crippen LogP contribution is 2.34. The molecule has 0 bridgehead atoms. The fraction of sp³-hybridized carbons (Fsp3) is 0.350. The van der Waals surface area contributed by atoms with Gasteiger partial charge in [-0.05, 0) is 31.2 Å². The van der Waals surface area contributed by atoms with Gasteiger partial charge in [-0.2, -0.15) is 13.2 Å². The number of piperazine rings is 1. The number of halogens is 3. The van der Waals surface area contributed by atoms with E-state index >= 15 is 0 Å². The average Bonchev–Trinajstić information content (AvgIpc) is 2.73. The van der Waals surface area contributed by atoms with Crippen molar-refractivity contribution in [2.24, 2.45) is 0 Å². The molecule has 2 aromatic carbocycles. The molecule has 30 heavy (non-hydrogen) atoms. The minimum atomic E-state index is -4.55. The van der Waals surface area contributed by atoms with Crippen molar-refractivity contribution in [1.29, 1.82) is 0 Å². The van der Waals surface area contributed by atoms with Gasteiger partial charge in [0.05, 0.1) is 22.2 Å². The Labute approximate surface area is 171 Å². The van der Waals surface area contributed by atoms with Crippen molar-refractivity contribution in [3.8, 4) is 0 Å². The lowest BCUT2D eigenvalue weighted by Crippen LogP contribution is -2.52. The number of hydrogen-bond donors (Lipinski definition) is 1. The van der Waals surface area contributed by atoms with Crippen LogP contribution in [-0.4, -0.2) is 48.0 Å². The molecule has 1 aliphatic rings. The Morgan fingerprint density at radius 1 is 1.07 bits per heavy atom. The van der Waals surface area contributed by atoms with E-state index in [-0.39, 0.29) is 11.4 Å². The van der Waals surface area contributed by atoms with Crippen LogP contribution in [0.4, 0.5) is 30.2 Å². The van der Waals surface area contributed by atoms with Crippen molar-refractivity contribution in [3.05, 3.63) is 64.2 Å². The summed E-state index contributed by atoms with van der Waals surface area (Å²) in [5.74, 6) is -0.504. The van der Waals surface area contributed by atoms with Crippen LogP contribution in [0, 0.1) is 10.1 Å². The van der Waals surface area contributed by atoms with E-state index in [0.29, 0.717) is 26.2 Å². The van der Waals surface area contributed by atoms with Crippen molar-refractivity contribution in [3.63, 3.8) is 0 Å². The maximum Gasteiger partial charge on any atom is 0.418 e. The predicted molar refractivity (Wildman–Crippen MR) is 106 cm³/mol. The number of nitro groups is 1. The van der Waals surface area contributed by atoms with E-state index in [1.54, 1.807) is 19.1 Å². The quantitative estimate of drug-likeness (QED) is 0.586. The molecular formula is C20H21F3N4O3. The maximum absolute atomic E-state index is 13.1. The molecule has 3 rings (SSSR count). The monoisotopic (exact) mass is 422 g/mol. The molecule has 1 atom stereocenters. The van der Waals surface area contributed by atoms with Crippen LogP contribution in [0.2, 0.25) is 0 Å². The topological polar surface area (TPSA) is 78.7 Å². The van der Waals surface area contributed by atoms with Crippen LogP contribution in [0.1, 0.15) is 12.5 Å². The van der Waals surface area contributed by atoms with Crippen LogP contribution < -0.4 is 10.2 Å². The first-order valence-electron chi connectivity index (χ1n) is 9.37. The molecule has 160 valence electrons. The summed E-state index contributed by atoms with van der Waals surface area (Å²) >= 11 is 0. The van der Waals surface area contributed by atoms with Crippen LogP contribution in [0.15, 0.2) is 48.5 Å². The number of alkyl halides is 3. The van der Waals surface area contributed by atoms with Gasteiger partial charge in [0, 0.05) is 44.0 Å². The van der Waals surface area contributed by atoms with Gasteiger partial charge in [-0.15, -0.1) is 0 Å². The molecule has 7 nitrogen and oxygen atoms in total. The number of nitro benzene ring substituents is 1. The third-order valence-corrected chi connectivity index (χ3v) is 5.16. The lowest BCUT2D eigenvalue weighted by molar-refractivity contribution is -0.384. The Bertz CT molecular complexity index is 910. The highest BCUT2D eigenvalue weighted by molar-refractivity contribution is 5.95. The van der Waals surface area contributed by atoms with Gasteiger partial charge in [0.15, 0.2) is 0 Å². The first-order valence-corrected chi connectivity index (χ1v) is 9.37. The van der Waals surface area contributed by atoms with E-state index in [4.69, 9.17) is 0 Å². The summed E-state index contributed by atoms with van der Waals surface area (Å²) in [4.78, 5) is 26.8. The zero-order chi connectivity index (χ0) is 21.9. The van der Waals surface area contributed by atoms with Crippen molar-refractivity contribution in [1.82, 2.24) is 4.90 Å². The van der Waals surface area contributed by atoms with E-state index in [1.807, 2.05) is 9.80 Å². The number of para-hydroxylation sites is 1. The van der Waals surface area contributed by atoms with Crippen LogP contribution in [-0.2, 0) is 11.0 Å². The molecule has 1 saturated heterocycles. The SMILES string of the molecule is CC(C(=O)Nc1ccccc1C(F)(F)F)N1CCN(c2ccc([N+](=O)[O-])cc2)CC1. The first kappa shape index (κ1) is 21.6. The molecule has 1 fully saturated rings. The molecule has 1 N–H and O–H groups in total. The molecule has 10 heteroatoms. The minimum absolute atomic E-state index is 0.0156. The molecule has 1 amide bonds. The number of hydrogen-bond acceptors (Lipinski definition) is 5. The number of amides is 1. The van der Waals surface area contributed by atoms with Gasteiger partial charge in [0.25, 0.3) is 5.69 Å². The highest BCUT2D eigenvalue weighted by Gasteiger charge is 2.34. The lowest BCUT2D eigenvalue weighted by atomic mass is 10.1. The number of carbonyl (C=O) groups is 1. The summed E-state index contributed by atoms with van der Waals surface area (Å²) in [6, 6.07) is 10.5. The molecule has 0 saturated carbocycles. The molecule has 1 unspecified atom stereocenters. The number of nitrogens with zero attached hydrogens (tertiary/aromatic N) is 3. The van der Waals surface area contributed by atoms with Crippen molar-refractivity contribution in [2.45, 2.75) is 19.1 Å². The maximum atomic E-state index is 13.1. The normalized spacial score (nSPS) is 16.2. The van der Waals surface area contributed by atoms with Gasteiger partial charge >= 0.3 is 6.18 Å². The summed E-state index contributed by atoms with van der Waals surface area (Å²) in [5.41, 5.74) is -0.279. The van der Waals surface area contributed by atoms with E-state index in [2.05, 4.69) is 5.32 Å². The molecule has 0 radical (unpaired) electrons. The number of anilines is 2. The summed E-state index contributed by atoms with van der Waals surface area (Å²) in [5, 5.41) is 13.2. The van der Waals surface area contributed by atoms with E-state index in [1.165, 1.54) is 30.3 Å². The van der Waals surface area contributed by atoms with Gasteiger partial charge in [0.1, 0.15) is 0 Å². The van der Waals surface area contributed by atoms with Gasteiger partial charge in [-0.3, -0.25) is 19.8 Å². The first-order chi connectivity index (χ1) is 14.2. The summed E-state index contributed by atoms with van der Waals surface area (Å²) < 4.78 is 39.4. The molecular weight excluding hydrogens is 401 g/mol. The number of carbonyl (C=O) groups excluding carboxylic acids is 1. The number of rotatable bonds is 5. The van der Waals surface area contributed by atoms with E-state index < -0.39 is 28.6 Å². The number of non-ortho nitro benzene ring substituents is 1. The minimum Gasteiger partial charge on any atom is -0.369 e. The Kier molecular flexibility index (Phi) is 6.25. The van der Waals surface area contributed by atoms with E-state index in [9.17, 15) is 28.1 Å². The van der Waals surface area contributed by atoms with Crippen molar-refractivity contribution >= 4 is 23.0 Å². The summed E-state index contributed by atoms with van der Waals surface area (Å²) in [6.45, 7) is 3.91. The Balaban J connectivity index is 1.59. The largest absolute Gasteiger partial charge is 0.418 e. The third-order valence-electron chi connectivity index (χ3n) is 5.16. The molecule has 2 aromatic rings. The standard InChI is InChI=1S/C20H21F3N4O3/c1-14(19(28)24-18-5-3-2-4-17(18)20(21,22)23)25-10-12-26(13-11-25)15-6-8-16(9-7-15)27(29)30/h2-9,14H,10-13H2,1H3,(H,24,28). The molecule has 0 aromatic heterocycles. The van der Waals surface area contributed by atoms with Gasteiger partial charge < -0.3 is 10.2 Å². The second kappa shape index (κ2) is 8.70. The third kappa shape index (κ3) is 4.88. The second-order valence-corrected chi connectivity index (χ2v) is 7.01. The zero-order valence-corrected chi connectivity index (χ0v) is 16.2.